The maximum atomic E-state index is 13.6. The normalized spacial score (nSPS) is 26.7. The van der Waals surface area contributed by atoms with Crippen LogP contribution in [0.5, 0.6) is 0 Å². The molecule has 2 aromatic carbocycles. The second-order valence-corrected chi connectivity index (χ2v) is 12.4. The molecule has 8 heteroatoms. The number of hydrogen-bond donors (Lipinski definition) is 0. The number of carbonyl (C=O) groups is 2. The van der Waals surface area contributed by atoms with Gasteiger partial charge in [-0.25, -0.2) is 0 Å². The maximum absolute atomic E-state index is 13.6. The first-order valence-corrected chi connectivity index (χ1v) is 14.2. The molecule has 2 saturated heterocycles. The van der Waals surface area contributed by atoms with E-state index in [1.165, 1.54) is 0 Å². The van der Waals surface area contributed by atoms with E-state index in [0.29, 0.717) is 42.6 Å². The fourth-order valence-corrected chi connectivity index (χ4v) is 6.55. The molecule has 0 N–H and O–H groups in total. The zero-order valence-corrected chi connectivity index (χ0v) is 23.9. The van der Waals surface area contributed by atoms with E-state index in [0.717, 1.165) is 37.2 Å². The summed E-state index contributed by atoms with van der Waals surface area (Å²) in [5.41, 5.74) is -0.0236. The molecular formula is C30H36Cl2N2O4. The quantitative estimate of drug-likeness (QED) is 0.304. The molecule has 6 nitrogen and oxygen atoms in total. The minimum atomic E-state index is -1.02. The first-order chi connectivity index (χ1) is 18.1. The van der Waals surface area contributed by atoms with E-state index in [9.17, 15) is 9.59 Å². The summed E-state index contributed by atoms with van der Waals surface area (Å²) in [5.74, 6) is -0.245. The molecule has 1 amide bonds. The lowest BCUT2D eigenvalue weighted by Gasteiger charge is -2.42. The van der Waals surface area contributed by atoms with E-state index >= 15 is 0 Å². The maximum Gasteiger partial charge on any atom is 0.313 e. The molecule has 1 saturated carbocycles. The van der Waals surface area contributed by atoms with Crippen LogP contribution in [0.1, 0.15) is 57.3 Å². The van der Waals surface area contributed by atoms with Crippen LogP contribution in [0.2, 0.25) is 10.0 Å². The lowest BCUT2D eigenvalue weighted by atomic mass is 9.66. The van der Waals surface area contributed by atoms with Crippen molar-refractivity contribution in [2.75, 3.05) is 39.3 Å². The first kappa shape index (κ1) is 27.4. The molecule has 38 heavy (non-hydrogen) atoms. The van der Waals surface area contributed by atoms with Crippen LogP contribution in [0.25, 0.3) is 0 Å². The largest absolute Gasteiger partial charge is 0.448 e. The van der Waals surface area contributed by atoms with Crippen molar-refractivity contribution < 1.29 is 19.1 Å². The Hall–Kier alpha value is -2.12. The summed E-state index contributed by atoms with van der Waals surface area (Å²) < 4.78 is 12.2. The highest BCUT2D eigenvalue weighted by Gasteiger charge is 2.76. The van der Waals surface area contributed by atoms with E-state index in [2.05, 4.69) is 4.90 Å². The minimum absolute atomic E-state index is 0.0196. The van der Waals surface area contributed by atoms with Gasteiger partial charge in [-0.2, -0.15) is 0 Å². The van der Waals surface area contributed by atoms with Crippen molar-refractivity contribution in [2.24, 2.45) is 10.8 Å². The molecule has 2 aliphatic heterocycles. The molecule has 2 bridgehead atoms. The van der Waals surface area contributed by atoms with Crippen molar-refractivity contribution in [3.05, 3.63) is 69.7 Å². The number of ether oxygens (including phenoxy) is 2. The number of amides is 1. The third-order valence-electron chi connectivity index (χ3n) is 9.34. The average Bonchev–Trinajstić information content (AvgIpc) is 3.20. The van der Waals surface area contributed by atoms with Crippen LogP contribution >= 0.6 is 23.2 Å². The van der Waals surface area contributed by atoms with Crippen molar-refractivity contribution >= 4 is 35.1 Å². The Morgan fingerprint density at radius 1 is 0.921 bits per heavy atom. The summed E-state index contributed by atoms with van der Waals surface area (Å²) in [6.45, 7) is 10.3. The summed E-state index contributed by atoms with van der Waals surface area (Å²) in [6.07, 6.45) is 1.99. The van der Waals surface area contributed by atoms with Gasteiger partial charge in [0.15, 0.2) is 5.60 Å². The Balaban J connectivity index is 1.13. The van der Waals surface area contributed by atoms with Gasteiger partial charge in [0.05, 0.1) is 5.41 Å². The van der Waals surface area contributed by atoms with Gasteiger partial charge in [-0.15, -0.1) is 0 Å². The monoisotopic (exact) mass is 558 g/mol. The van der Waals surface area contributed by atoms with E-state index in [-0.39, 0.29) is 18.0 Å². The van der Waals surface area contributed by atoms with Crippen molar-refractivity contribution in [1.82, 2.24) is 9.80 Å². The van der Waals surface area contributed by atoms with E-state index in [1.54, 1.807) is 0 Å². The number of carbonyl (C=O) groups excluding carboxylic acids is 2. The van der Waals surface area contributed by atoms with Crippen LogP contribution in [-0.2, 0) is 19.1 Å². The topological polar surface area (TPSA) is 59.1 Å². The zero-order valence-electron chi connectivity index (χ0n) is 22.3. The Morgan fingerprint density at radius 3 is 1.95 bits per heavy atom. The van der Waals surface area contributed by atoms with Crippen LogP contribution in [-0.4, -0.2) is 66.6 Å². The van der Waals surface area contributed by atoms with Crippen LogP contribution in [0.3, 0.4) is 0 Å². The van der Waals surface area contributed by atoms with Crippen LogP contribution in [0, 0.1) is 10.8 Å². The zero-order chi connectivity index (χ0) is 27.1. The van der Waals surface area contributed by atoms with Gasteiger partial charge in [0.25, 0.3) is 5.91 Å². The van der Waals surface area contributed by atoms with Crippen LogP contribution in [0.15, 0.2) is 48.5 Å². The van der Waals surface area contributed by atoms with Crippen molar-refractivity contribution in [2.45, 2.75) is 51.7 Å². The van der Waals surface area contributed by atoms with E-state index < -0.39 is 16.4 Å². The number of esters is 1. The number of nitrogens with zero attached hydrogens (tertiary/aromatic N) is 2. The Morgan fingerprint density at radius 2 is 1.47 bits per heavy atom. The Kier molecular flexibility index (Phi) is 7.55. The third-order valence-corrected chi connectivity index (χ3v) is 9.84. The predicted octanol–water partition coefficient (Wildman–Crippen LogP) is 5.76. The highest BCUT2D eigenvalue weighted by molar-refractivity contribution is 6.30. The molecule has 1 unspecified atom stereocenters. The molecular weight excluding hydrogens is 523 g/mol. The van der Waals surface area contributed by atoms with Gasteiger partial charge in [0.2, 0.25) is 0 Å². The number of benzene rings is 2. The lowest BCUT2D eigenvalue weighted by molar-refractivity contribution is -0.175. The number of piperazine rings is 1. The second-order valence-electron chi connectivity index (χ2n) is 11.5. The molecule has 5 rings (SSSR count). The second kappa shape index (κ2) is 10.5. The fraction of sp³-hybridized carbons (Fsp3) is 0.533. The lowest BCUT2D eigenvalue weighted by Crippen LogP contribution is -2.59. The summed E-state index contributed by atoms with van der Waals surface area (Å²) in [7, 11) is 0. The van der Waals surface area contributed by atoms with Gasteiger partial charge in [0.1, 0.15) is 6.10 Å². The standard InChI is InChI=1S/C30H36Cl2N2O4/c1-28(2)29(3)13-14-30(28,38-27(29)36)26(35)34-18-16-33(17-19-34)15-4-20-37-25(21-5-9-23(31)10-6-21)22-7-11-24(32)12-8-22/h5-12,25H,4,13-20H2,1-3H3/t29-,30?/m0/s1. The predicted molar refractivity (Wildman–Crippen MR) is 148 cm³/mol. The third kappa shape index (κ3) is 4.64. The van der Waals surface area contributed by atoms with Gasteiger partial charge in [-0.05, 0) is 61.6 Å². The Labute approximate surface area is 235 Å². The SMILES string of the molecule is CC1(C)C2(C(=O)N3CCN(CCCOC(c4ccc(Cl)cc4)c4ccc(Cl)cc4)CC3)CC[C@@]1(C)C(=O)O2. The smallest absolute Gasteiger partial charge is 0.313 e. The van der Waals surface area contributed by atoms with Crippen molar-refractivity contribution in [3.8, 4) is 0 Å². The summed E-state index contributed by atoms with van der Waals surface area (Å²) in [5, 5.41) is 1.38. The number of fused-ring (bicyclic) bond motifs is 2. The minimum Gasteiger partial charge on any atom is -0.448 e. The number of halogens is 2. The van der Waals surface area contributed by atoms with Gasteiger partial charge in [0, 0.05) is 54.8 Å². The highest BCUT2D eigenvalue weighted by atomic mass is 35.5. The van der Waals surface area contributed by atoms with Gasteiger partial charge in [-0.1, -0.05) is 61.3 Å². The summed E-state index contributed by atoms with van der Waals surface area (Å²) in [6, 6.07) is 15.5. The van der Waals surface area contributed by atoms with Crippen molar-refractivity contribution in [3.63, 3.8) is 0 Å². The fourth-order valence-electron chi connectivity index (χ4n) is 6.30. The molecule has 0 aromatic heterocycles. The summed E-state index contributed by atoms with van der Waals surface area (Å²) >= 11 is 12.2. The average molecular weight is 560 g/mol. The van der Waals surface area contributed by atoms with Crippen molar-refractivity contribution in [1.29, 1.82) is 0 Å². The molecule has 2 heterocycles. The van der Waals surface area contributed by atoms with Gasteiger partial charge in [-0.3, -0.25) is 14.5 Å². The van der Waals surface area contributed by atoms with Crippen LogP contribution in [0.4, 0.5) is 0 Å². The number of hydrogen-bond acceptors (Lipinski definition) is 5. The van der Waals surface area contributed by atoms with E-state index in [4.69, 9.17) is 32.7 Å². The van der Waals surface area contributed by atoms with Gasteiger partial charge < -0.3 is 14.4 Å². The molecule has 2 aromatic rings. The molecule has 1 aliphatic carbocycles. The Bertz CT molecular complexity index is 1130. The van der Waals surface area contributed by atoms with Crippen LogP contribution < -0.4 is 0 Å². The van der Waals surface area contributed by atoms with Gasteiger partial charge >= 0.3 is 5.97 Å². The molecule has 2 atom stereocenters. The summed E-state index contributed by atoms with van der Waals surface area (Å²) in [4.78, 5) is 30.5. The first-order valence-electron chi connectivity index (χ1n) is 13.5. The molecule has 3 fully saturated rings. The highest BCUT2D eigenvalue weighted by Crippen LogP contribution is 2.66. The van der Waals surface area contributed by atoms with E-state index in [1.807, 2.05) is 74.2 Å². The molecule has 0 radical (unpaired) electrons. The molecule has 0 spiro atoms. The molecule has 204 valence electrons. The molecule has 3 aliphatic rings. The number of rotatable bonds is 8.